The molecule has 0 bridgehead atoms. The highest BCUT2D eigenvalue weighted by Crippen LogP contribution is 2.34. The Balaban J connectivity index is 1.17. The number of rotatable bonds is 9. The fraction of sp³-hybridized carbons (Fsp3) is 0.0500. The highest BCUT2D eigenvalue weighted by atomic mass is 15.1. The average molecular weight is 528 g/mol. The minimum atomic E-state index is 0.337. The third-order valence-corrected chi connectivity index (χ3v) is 7.47. The Morgan fingerprint density at radius 2 is 0.756 bits per heavy atom. The molecule has 0 saturated carbocycles. The molecular weight excluding hydrogens is 494 g/mol. The minimum absolute atomic E-state index is 0.337. The van der Waals surface area contributed by atoms with Gasteiger partial charge in [0.2, 0.25) is 0 Å². The number of nitrogens with zero attached hydrogens (tertiary/aromatic N) is 1. The third-order valence-electron chi connectivity index (χ3n) is 7.47. The van der Waals surface area contributed by atoms with Gasteiger partial charge >= 0.3 is 0 Å². The van der Waals surface area contributed by atoms with Crippen molar-refractivity contribution in [1.82, 2.24) is 0 Å². The smallest absolute Gasteiger partial charge is 0.0462 e. The summed E-state index contributed by atoms with van der Waals surface area (Å²) in [7, 11) is 0. The number of para-hydroxylation sites is 2. The van der Waals surface area contributed by atoms with E-state index in [0.717, 1.165) is 23.5 Å². The van der Waals surface area contributed by atoms with Gasteiger partial charge in [0.1, 0.15) is 0 Å². The molecule has 0 N–H and O–H groups in total. The van der Waals surface area contributed by atoms with Crippen molar-refractivity contribution in [2.45, 2.75) is 12.3 Å². The Labute approximate surface area is 243 Å². The molecule has 0 aliphatic heterocycles. The molecule has 6 aromatic rings. The van der Waals surface area contributed by atoms with E-state index in [1.54, 1.807) is 0 Å². The first-order chi connectivity index (χ1) is 20.3. The molecule has 0 aliphatic carbocycles. The quantitative estimate of drug-likeness (QED) is 0.169. The van der Waals surface area contributed by atoms with E-state index in [1.807, 2.05) is 0 Å². The number of benzene rings is 6. The van der Waals surface area contributed by atoms with Crippen LogP contribution in [-0.2, 0) is 6.42 Å². The second kappa shape index (κ2) is 12.8. The fourth-order valence-corrected chi connectivity index (χ4v) is 5.33. The minimum Gasteiger partial charge on any atom is -0.311 e. The Hall–Kier alpha value is -5.14. The first-order valence-corrected chi connectivity index (χ1v) is 14.2. The van der Waals surface area contributed by atoms with Crippen LogP contribution in [0.15, 0.2) is 170 Å². The van der Waals surface area contributed by atoms with Crippen molar-refractivity contribution < 1.29 is 0 Å². The van der Waals surface area contributed by atoms with E-state index in [1.165, 1.54) is 27.8 Å². The predicted octanol–water partition coefficient (Wildman–Crippen LogP) is 10.7. The van der Waals surface area contributed by atoms with Crippen LogP contribution in [0, 0.1) is 0 Å². The van der Waals surface area contributed by atoms with Crippen LogP contribution in [0.2, 0.25) is 0 Å². The van der Waals surface area contributed by atoms with Gasteiger partial charge in [0, 0.05) is 23.0 Å². The van der Waals surface area contributed by atoms with E-state index in [-0.39, 0.29) is 0 Å². The lowest BCUT2D eigenvalue weighted by molar-refractivity contribution is 0.805. The Morgan fingerprint density at radius 1 is 0.390 bits per heavy atom. The first kappa shape index (κ1) is 26.1. The van der Waals surface area contributed by atoms with Crippen molar-refractivity contribution in [3.63, 3.8) is 0 Å². The van der Waals surface area contributed by atoms with Gasteiger partial charge in [-0.3, -0.25) is 0 Å². The van der Waals surface area contributed by atoms with E-state index < -0.39 is 0 Å². The lowest BCUT2D eigenvalue weighted by atomic mass is 9.86. The summed E-state index contributed by atoms with van der Waals surface area (Å²) in [5.74, 6) is 0.337. The Bertz CT molecular complexity index is 1580. The highest BCUT2D eigenvalue weighted by Gasteiger charge is 2.15. The van der Waals surface area contributed by atoms with E-state index in [2.05, 4.69) is 187 Å². The summed E-state index contributed by atoms with van der Waals surface area (Å²) in [6, 6.07) is 60.4. The van der Waals surface area contributed by atoms with Crippen molar-refractivity contribution in [3.8, 4) is 0 Å². The maximum atomic E-state index is 2.28. The Morgan fingerprint density at radius 3 is 1.20 bits per heavy atom. The molecule has 0 radical (unpaired) electrons. The highest BCUT2D eigenvalue weighted by molar-refractivity contribution is 5.78. The number of hydrogen-bond acceptors (Lipinski definition) is 1. The molecule has 1 nitrogen and oxygen atoms in total. The van der Waals surface area contributed by atoms with E-state index in [9.17, 15) is 0 Å². The van der Waals surface area contributed by atoms with Crippen LogP contribution in [0.1, 0.15) is 33.7 Å². The van der Waals surface area contributed by atoms with Gasteiger partial charge in [-0.05, 0) is 70.6 Å². The van der Waals surface area contributed by atoms with Crippen LogP contribution in [0.5, 0.6) is 0 Å². The molecule has 41 heavy (non-hydrogen) atoms. The fourth-order valence-electron chi connectivity index (χ4n) is 5.33. The summed E-state index contributed by atoms with van der Waals surface area (Å²) >= 11 is 0. The monoisotopic (exact) mass is 527 g/mol. The summed E-state index contributed by atoms with van der Waals surface area (Å²) in [4.78, 5) is 2.28. The van der Waals surface area contributed by atoms with Crippen molar-refractivity contribution in [2.24, 2.45) is 0 Å². The molecule has 0 fully saturated rings. The topological polar surface area (TPSA) is 3.24 Å². The second-order valence-corrected chi connectivity index (χ2v) is 10.3. The normalized spacial score (nSPS) is 11.1. The zero-order valence-corrected chi connectivity index (χ0v) is 23.1. The lowest BCUT2D eigenvalue weighted by Gasteiger charge is -2.25. The van der Waals surface area contributed by atoms with Crippen LogP contribution in [0.3, 0.4) is 0 Å². The van der Waals surface area contributed by atoms with Crippen molar-refractivity contribution in [1.29, 1.82) is 0 Å². The van der Waals surface area contributed by atoms with Gasteiger partial charge in [-0.25, -0.2) is 0 Å². The van der Waals surface area contributed by atoms with Crippen molar-refractivity contribution >= 4 is 29.2 Å². The molecule has 198 valence electrons. The SMILES string of the molecule is C(=C\c1ccc(N(c2ccccc2)c2ccccc2)cc1)/c1ccc(CC(c2ccccc2)c2ccccc2)cc1. The molecule has 0 aromatic heterocycles. The van der Waals surface area contributed by atoms with Gasteiger partial charge in [-0.2, -0.15) is 0 Å². The molecule has 0 atom stereocenters. The molecule has 6 rings (SSSR count). The maximum absolute atomic E-state index is 2.28. The van der Waals surface area contributed by atoms with Gasteiger partial charge in [0.25, 0.3) is 0 Å². The van der Waals surface area contributed by atoms with Crippen LogP contribution in [0.25, 0.3) is 12.2 Å². The van der Waals surface area contributed by atoms with Crippen molar-refractivity contribution in [2.75, 3.05) is 4.90 Å². The molecule has 6 aromatic carbocycles. The first-order valence-electron chi connectivity index (χ1n) is 14.2. The van der Waals surface area contributed by atoms with Gasteiger partial charge < -0.3 is 4.90 Å². The van der Waals surface area contributed by atoms with E-state index in [4.69, 9.17) is 0 Å². The average Bonchev–Trinajstić information content (AvgIpc) is 3.06. The molecule has 0 saturated heterocycles. The zero-order chi connectivity index (χ0) is 27.7. The summed E-state index contributed by atoms with van der Waals surface area (Å²) in [6.07, 6.45) is 5.35. The van der Waals surface area contributed by atoms with Crippen molar-refractivity contribution in [3.05, 3.63) is 198 Å². The maximum Gasteiger partial charge on any atom is 0.0462 e. The third kappa shape index (κ3) is 6.54. The summed E-state index contributed by atoms with van der Waals surface area (Å²) in [5.41, 5.74) is 9.83. The largest absolute Gasteiger partial charge is 0.311 e. The van der Waals surface area contributed by atoms with Gasteiger partial charge in [-0.1, -0.05) is 146 Å². The second-order valence-electron chi connectivity index (χ2n) is 10.3. The van der Waals surface area contributed by atoms with Gasteiger partial charge in [0.05, 0.1) is 0 Å². The summed E-state index contributed by atoms with van der Waals surface area (Å²) < 4.78 is 0. The lowest BCUT2D eigenvalue weighted by Crippen LogP contribution is -2.09. The van der Waals surface area contributed by atoms with E-state index in [0.29, 0.717) is 5.92 Å². The standard InChI is InChI=1S/C40H33N/c1-5-13-35(14-6-1)40(36-15-7-2-8-16-36)31-34-25-23-32(24-26-34)21-22-33-27-29-39(30-28-33)41(37-17-9-3-10-18-37)38-19-11-4-12-20-38/h1-30,40H,31H2/b22-21+. The molecule has 0 unspecified atom stereocenters. The van der Waals surface area contributed by atoms with Crippen LogP contribution in [-0.4, -0.2) is 0 Å². The van der Waals surface area contributed by atoms with Crippen LogP contribution < -0.4 is 4.90 Å². The molecule has 0 spiro atoms. The molecule has 0 aliphatic rings. The van der Waals surface area contributed by atoms with Crippen LogP contribution in [0.4, 0.5) is 17.1 Å². The Kier molecular flexibility index (Phi) is 8.15. The molecule has 0 heterocycles. The van der Waals surface area contributed by atoms with Gasteiger partial charge in [0.15, 0.2) is 0 Å². The molecule has 0 amide bonds. The summed E-state index contributed by atoms with van der Waals surface area (Å²) in [6.45, 7) is 0. The number of anilines is 3. The van der Waals surface area contributed by atoms with E-state index >= 15 is 0 Å². The number of hydrogen-bond donors (Lipinski definition) is 0. The zero-order valence-electron chi connectivity index (χ0n) is 23.1. The van der Waals surface area contributed by atoms with Crippen LogP contribution >= 0.6 is 0 Å². The summed E-state index contributed by atoms with van der Waals surface area (Å²) in [5, 5.41) is 0. The molecule has 1 heteroatoms. The predicted molar refractivity (Wildman–Crippen MR) is 175 cm³/mol. The van der Waals surface area contributed by atoms with Gasteiger partial charge in [-0.15, -0.1) is 0 Å². The molecular formula is C40H33N.